The molecule has 34 heavy (non-hydrogen) atoms. The van der Waals surface area contributed by atoms with E-state index >= 15 is 0 Å². The summed E-state index contributed by atoms with van der Waals surface area (Å²) in [6.45, 7) is 7.67. The Morgan fingerprint density at radius 3 is 2.71 bits per heavy atom. The molecule has 0 saturated heterocycles. The molecule has 1 aromatic heterocycles. The Hall–Kier alpha value is -1.72. The molecule has 3 nitrogen and oxygen atoms in total. The van der Waals surface area contributed by atoms with Gasteiger partial charge in [0.15, 0.2) is 5.13 Å². The summed E-state index contributed by atoms with van der Waals surface area (Å²) >= 11 is 1.77. The van der Waals surface area contributed by atoms with Crippen LogP contribution in [-0.2, 0) is 6.42 Å². The largest absolute Gasteiger partial charge is 0.396 e. The fourth-order valence-corrected chi connectivity index (χ4v) is 9.90. The monoisotopic (exact) mass is 480 g/mol. The normalized spacial score (nSPS) is 37.1. The molecule has 1 aromatic carbocycles. The highest BCUT2D eigenvalue weighted by molar-refractivity contribution is 7.16. The number of benzene rings is 1. The number of hydrogen-bond donors (Lipinski definition) is 2. The smallest absolute Gasteiger partial charge is 0.187 e. The number of fused-ring (bicyclic) bond motifs is 7. The molecule has 0 aliphatic heterocycles. The highest BCUT2D eigenvalue weighted by Crippen LogP contribution is 2.68. The molecule has 0 radical (unpaired) electrons. The first-order chi connectivity index (χ1) is 16.3. The van der Waals surface area contributed by atoms with Gasteiger partial charge in [0.1, 0.15) is 5.82 Å². The SMILES string of the molecule is C[C@@H](CO)[C@H]1CC[C@H]2[C@@H]3CC=C4c5sc(Nc6ccc(F)cc6)nc5CC[C@]4(C)[C@H]3CC[C@]12C. The van der Waals surface area contributed by atoms with Crippen molar-refractivity contribution in [2.45, 2.75) is 65.7 Å². The minimum atomic E-state index is -0.218. The van der Waals surface area contributed by atoms with Crippen molar-refractivity contribution in [3.05, 3.63) is 46.7 Å². The van der Waals surface area contributed by atoms with E-state index in [2.05, 4.69) is 32.2 Å². The lowest BCUT2D eigenvalue weighted by Gasteiger charge is -2.57. The van der Waals surface area contributed by atoms with Gasteiger partial charge in [0.05, 0.1) is 10.6 Å². The molecule has 182 valence electrons. The number of nitrogens with zero attached hydrogens (tertiary/aromatic N) is 1. The zero-order chi connectivity index (χ0) is 23.7. The van der Waals surface area contributed by atoms with Crippen LogP contribution in [0.3, 0.4) is 0 Å². The van der Waals surface area contributed by atoms with Crippen LogP contribution in [-0.4, -0.2) is 16.7 Å². The van der Waals surface area contributed by atoms with E-state index in [1.54, 1.807) is 29.0 Å². The molecule has 0 spiro atoms. The number of allylic oxidation sites excluding steroid dienone is 2. The summed E-state index contributed by atoms with van der Waals surface area (Å²) < 4.78 is 13.3. The Morgan fingerprint density at radius 1 is 1.15 bits per heavy atom. The zero-order valence-electron chi connectivity index (χ0n) is 20.6. The third-order valence-electron chi connectivity index (χ3n) is 10.4. The number of aliphatic hydroxyl groups is 1. The molecule has 1 heterocycles. The van der Waals surface area contributed by atoms with E-state index in [-0.39, 0.29) is 11.2 Å². The van der Waals surface area contributed by atoms with Crippen molar-refractivity contribution in [3.8, 4) is 0 Å². The van der Waals surface area contributed by atoms with E-state index in [1.165, 1.54) is 61.2 Å². The number of nitrogens with one attached hydrogen (secondary N) is 1. The second-order valence-electron chi connectivity index (χ2n) is 12.0. The topological polar surface area (TPSA) is 45.1 Å². The number of aliphatic hydroxyl groups excluding tert-OH is 1. The molecule has 0 amide bonds. The Bertz CT molecular complexity index is 1110. The standard InChI is InChI=1S/C29H37FN2OS/c1-17(16-33)21-10-11-22-20-8-9-24-26-25(13-15-29(24,3)23(20)12-14-28(21,22)2)32-27(34-26)31-19-6-4-18(30)5-7-19/h4-7,9,17,20-23,33H,8,10-16H2,1-3H3,(H,31,32)/t17-,20-,21+,22-,23-,28+,29+/m0/s1. The van der Waals surface area contributed by atoms with Crippen molar-refractivity contribution in [2.24, 2.45) is 40.4 Å². The minimum Gasteiger partial charge on any atom is -0.396 e. The maximum Gasteiger partial charge on any atom is 0.187 e. The molecule has 4 aliphatic rings. The minimum absolute atomic E-state index is 0.218. The van der Waals surface area contributed by atoms with Crippen LogP contribution in [0.15, 0.2) is 30.3 Å². The number of aryl methyl sites for hydroxylation is 1. The molecule has 2 fully saturated rings. The highest BCUT2D eigenvalue weighted by Gasteiger charge is 2.59. The van der Waals surface area contributed by atoms with Gasteiger partial charge in [-0.15, -0.1) is 0 Å². The van der Waals surface area contributed by atoms with Crippen LogP contribution in [0.5, 0.6) is 0 Å². The molecule has 7 atom stereocenters. The van der Waals surface area contributed by atoms with Gasteiger partial charge in [-0.1, -0.05) is 38.2 Å². The first-order valence-electron chi connectivity index (χ1n) is 13.2. The van der Waals surface area contributed by atoms with E-state index in [1.807, 2.05) is 0 Å². The molecule has 0 bridgehead atoms. The van der Waals surface area contributed by atoms with Crippen molar-refractivity contribution in [1.29, 1.82) is 0 Å². The quantitative estimate of drug-likeness (QED) is 0.478. The van der Waals surface area contributed by atoms with Gasteiger partial charge in [0.2, 0.25) is 0 Å². The first kappa shape index (κ1) is 22.7. The van der Waals surface area contributed by atoms with Crippen LogP contribution in [0, 0.1) is 46.2 Å². The maximum absolute atomic E-state index is 13.3. The van der Waals surface area contributed by atoms with Crippen LogP contribution in [0.1, 0.15) is 69.9 Å². The summed E-state index contributed by atoms with van der Waals surface area (Å²) in [6, 6.07) is 6.52. The van der Waals surface area contributed by atoms with E-state index in [9.17, 15) is 9.50 Å². The van der Waals surface area contributed by atoms with Crippen LogP contribution in [0.25, 0.3) is 5.57 Å². The van der Waals surface area contributed by atoms with Crippen molar-refractivity contribution in [3.63, 3.8) is 0 Å². The third-order valence-corrected chi connectivity index (χ3v) is 11.5. The predicted octanol–water partition coefficient (Wildman–Crippen LogP) is 7.45. The molecule has 5 heteroatoms. The Morgan fingerprint density at radius 2 is 1.94 bits per heavy atom. The zero-order valence-corrected chi connectivity index (χ0v) is 21.4. The van der Waals surface area contributed by atoms with Crippen molar-refractivity contribution >= 4 is 27.7 Å². The summed E-state index contributed by atoms with van der Waals surface area (Å²) in [5, 5.41) is 14.2. The predicted molar refractivity (Wildman–Crippen MR) is 138 cm³/mol. The molecular weight excluding hydrogens is 443 g/mol. The maximum atomic E-state index is 13.3. The van der Waals surface area contributed by atoms with Crippen LogP contribution in [0.4, 0.5) is 15.2 Å². The van der Waals surface area contributed by atoms with Gasteiger partial charge in [-0.3, -0.25) is 0 Å². The molecule has 4 aliphatic carbocycles. The summed E-state index contributed by atoms with van der Waals surface area (Å²) in [6.07, 6.45) is 11.2. The van der Waals surface area contributed by atoms with Crippen LogP contribution >= 0.6 is 11.3 Å². The van der Waals surface area contributed by atoms with Gasteiger partial charge in [-0.2, -0.15) is 0 Å². The lowest BCUT2D eigenvalue weighted by atomic mass is 9.47. The van der Waals surface area contributed by atoms with Gasteiger partial charge >= 0.3 is 0 Å². The summed E-state index contributed by atoms with van der Waals surface area (Å²) in [5.74, 6) is 3.18. The Labute approximate surface area is 206 Å². The van der Waals surface area contributed by atoms with Gasteiger partial charge in [0.25, 0.3) is 0 Å². The lowest BCUT2D eigenvalue weighted by Crippen LogP contribution is -2.50. The van der Waals surface area contributed by atoms with Gasteiger partial charge < -0.3 is 10.4 Å². The number of hydrogen-bond acceptors (Lipinski definition) is 4. The Balaban J connectivity index is 1.29. The van der Waals surface area contributed by atoms with E-state index in [0.717, 1.165) is 35.0 Å². The molecule has 2 N–H and O–H groups in total. The second kappa shape index (κ2) is 8.16. The van der Waals surface area contributed by atoms with Crippen LogP contribution < -0.4 is 5.32 Å². The van der Waals surface area contributed by atoms with E-state index < -0.39 is 0 Å². The summed E-state index contributed by atoms with van der Waals surface area (Å²) in [4.78, 5) is 6.32. The summed E-state index contributed by atoms with van der Waals surface area (Å²) in [7, 11) is 0. The number of halogens is 1. The van der Waals surface area contributed by atoms with E-state index in [4.69, 9.17) is 4.98 Å². The molecule has 2 aromatic rings. The van der Waals surface area contributed by atoms with Gasteiger partial charge in [0, 0.05) is 12.3 Å². The number of rotatable bonds is 4. The lowest BCUT2D eigenvalue weighted by molar-refractivity contribution is -0.0430. The van der Waals surface area contributed by atoms with Gasteiger partial charge in [-0.05, 0) is 115 Å². The van der Waals surface area contributed by atoms with Crippen molar-refractivity contribution in [1.82, 2.24) is 4.98 Å². The average Bonchev–Trinajstić information content (AvgIpc) is 3.40. The number of aromatic nitrogens is 1. The highest BCUT2D eigenvalue weighted by atomic mass is 32.1. The fraction of sp³-hybridized carbons (Fsp3) is 0.621. The molecular formula is C29H37FN2OS. The van der Waals surface area contributed by atoms with Gasteiger partial charge in [-0.25, -0.2) is 9.37 Å². The molecule has 2 saturated carbocycles. The van der Waals surface area contributed by atoms with Crippen molar-refractivity contribution < 1.29 is 9.50 Å². The van der Waals surface area contributed by atoms with Crippen molar-refractivity contribution in [2.75, 3.05) is 11.9 Å². The number of anilines is 2. The first-order valence-corrected chi connectivity index (χ1v) is 14.0. The second-order valence-corrected chi connectivity index (χ2v) is 13.0. The average molecular weight is 481 g/mol. The number of thiazole rings is 1. The fourth-order valence-electron chi connectivity index (χ4n) is 8.69. The van der Waals surface area contributed by atoms with Crippen LogP contribution in [0.2, 0.25) is 0 Å². The third kappa shape index (κ3) is 3.33. The molecule has 6 rings (SSSR count). The molecule has 0 unspecified atom stereocenters. The van der Waals surface area contributed by atoms with E-state index in [0.29, 0.717) is 23.9 Å². The summed E-state index contributed by atoms with van der Waals surface area (Å²) in [5.41, 5.74) is 4.28. The Kier molecular flexibility index (Phi) is 5.46.